The quantitative estimate of drug-likeness (QED) is 0.249. The zero-order valence-electron chi connectivity index (χ0n) is 15.1. The molecular weight excluding hydrogens is 471 g/mol. The molecule has 0 saturated heterocycles. The molecule has 0 spiro atoms. The Bertz CT molecular complexity index is 1390. The number of fused-ring (bicyclic) bond motifs is 1. The van der Waals surface area contributed by atoms with Gasteiger partial charge in [0.05, 0.1) is 0 Å². The summed E-state index contributed by atoms with van der Waals surface area (Å²) in [5, 5.41) is 27.6. The molecule has 0 aromatic heterocycles. The van der Waals surface area contributed by atoms with Crippen LogP contribution in [-0.2, 0) is 20.2 Å². The van der Waals surface area contributed by atoms with Crippen molar-refractivity contribution in [3.8, 4) is 11.5 Å². The van der Waals surface area contributed by atoms with Crippen LogP contribution in [0.1, 0.15) is 0 Å². The van der Waals surface area contributed by atoms with E-state index in [1.165, 1.54) is 24.3 Å². The summed E-state index contributed by atoms with van der Waals surface area (Å²) in [6.07, 6.45) is 0. The van der Waals surface area contributed by atoms with Gasteiger partial charge in [0.15, 0.2) is 11.5 Å². The average Bonchev–Trinajstić information content (AvgIpc) is 2.61. The molecule has 153 valence electrons. The Balaban J connectivity index is 0.00000320. The number of rotatable bonds is 4. The van der Waals surface area contributed by atoms with Crippen LogP contribution in [0.2, 0.25) is 5.02 Å². The van der Waals surface area contributed by atoms with E-state index in [-0.39, 0.29) is 51.0 Å². The maximum atomic E-state index is 11.5. The summed E-state index contributed by atoms with van der Waals surface area (Å²) in [7, 11) is -9.32. The second-order valence-corrected chi connectivity index (χ2v) is 8.92. The molecule has 0 bridgehead atoms. The van der Waals surface area contributed by atoms with Gasteiger partial charge in [0.2, 0.25) is 0 Å². The van der Waals surface area contributed by atoms with E-state index in [0.717, 1.165) is 18.2 Å². The minimum absolute atomic E-state index is 0. The molecule has 0 aliphatic carbocycles. The van der Waals surface area contributed by atoms with Crippen molar-refractivity contribution < 1.29 is 36.2 Å². The van der Waals surface area contributed by atoms with Gasteiger partial charge in [0, 0.05) is 45.4 Å². The Morgan fingerprint density at radius 3 is 1.93 bits per heavy atom. The van der Waals surface area contributed by atoms with Crippen LogP contribution in [0.25, 0.3) is 10.8 Å². The predicted octanol–water partition coefficient (Wildman–Crippen LogP) is 3.43. The van der Waals surface area contributed by atoms with E-state index >= 15 is 0 Å². The molecular formula is C16H11ClN2NaO8S2. The fourth-order valence-corrected chi connectivity index (χ4v) is 4.16. The van der Waals surface area contributed by atoms with Gasteiger partial charge in [0.25, 0.3) is 20.2 Å². The molecule has 0 saturated carbocycles. The van der Waals surface area contributed by atoms with Crippen molar-refractivity contribution in [3.05, 3.63) is 47.5 Å². The van der Waals surface area contributed by atoms with Gasteiger partial charge in [-0.2, -0.15) is 16.8 Å². The van der Waals surface area contributed by atoms with E-state index in [4.69, 9.17) is 16.2 Å². The molecule has 14 heteroatoms. The minimum Gasteiger partial charge on any atom is -0.505 e. The smallest absolute Gasteiger partial charge is 0.298 e. The first-order chi connectivity index (χ1) is 13.4. The molecule has 3 aromatic carbocycles. The fourth-order valence-electron chi connectivity index (χ4n) is 2.55. The molecule has 3 rings (SSSR count). The number of hydrogen-bond acceptors (Lipinski definition) is 8. The number of nitrogens with zero attached hydrogens (tertiary/aromatic N) is 2. The molecule has 1 radical (unpaired) electrons. The van der Waals surface area contributed by atoms with E-state index in [1.807, 2.05) is 0 Å². The fraction of sp³-hybridized carbons (Fsp3) is 0. The SMILES string of the molecule is O=S(=O)(O)c1cc(Cl)cc(N=Nc2ccc3c(S(=O)(=O)O)cccc3c2O)c1O.[Na]. The monoisotopic (exact) mass is 481 g/mol. The van der Waals surface area contributed by atoms with E-state index in [0.29, 0.717) is 0 Å². The molecule has 0 unspecified atom stereocenters. The molecule has 0 atom stereocenters. The van der Waals surface area contributed by atoms with Crippen LogP contribution in [0.3, 0.4) is 0 Å². The van der Waals surface area contributed by atoms with Crippen molar-refractivity contribution in [1.29, 1.82) is 0 Å². The van der Waals surface area contributed by atoms with E-state index in [9.17, 15) is 31.6 Å². The van der Waals surface area contributed by atoms with Gasteiger partial charge in [-0.1, -0.05) is 29.8 Å². The Hall–Kier alpha value is -1.77. The summed E-state index contributed by atoms with van der Waals surface area (Å²) in [5.74, 6) is -1.39. The Morgan fingerprint density at radius 1 is 0.733 bits per heavy atom. The summed E-state index contributed by atoms with van der Waals surface area (Å²) in [6.45, 7) is 0. The van der Waals surface area contributed by atoms with E-state index in [1.54, 1.807) is 0 Å². The third-order valence-corrected chi connectivity index (χ3v) is 5.81. The number of azo groups is 1. The summed E-state index contributed by atoms with van der Waals surface area (Å²) >= 11 is 5.76. The largest absolute Gasteiger partial charge is 0.505 e. The van der Waals surface area contributed by atoms with Crippen LogP contribution >= 0.6 is 11.6 Å². The summed E-state index contributed by atoms with van der Waals surface area (Å²) < 4.78 is 63.9. The van der Waals surface area contributed by atoms with Crippen molar-refractivity contribution in [1.82, 2.24) is 0 Å². The molecule has 10 nitrogen and oxygen atoms in total. The van der Waals surface area contributed by atoms with Crippen molar-refractivity contribution >= 4 is 83.5 Å². The van der Waals surface area contributed by atoms with Crippen LogP contribution < -0.4 is 0 Å². The maximum Gasteiger partial charge on any atom is 0.298 e. The molecule has 4 N–H and O–H groups in total. The van der Waals surface area contributed by atoms with Gasteiger partial charge >= 0.3 is 0 Å². The predicted molar refractivity (Wildman–Crippen MR) is 108 cm³/mol. The first-order valence-electron chi connectivity index (χ1n) is 7.53. The minimum atomic E-state index is -4.78. The third-order valence-electron chi connectivity index (χ3n) is 3.81. The number of hydrogen-bond donors (Lipinski definition) is 4. The van der Waals surface area contributed by atoms with Crippen LogP contribution in [0.15, 0.2) is 62.5 Å². The zero-order chi connectivity index (χ0) is 21.6. The van der Waals surface area contributed by atoms with Crippen molar-refractivity contribution in [3.63, 3.8) is 0 Å². The first-order valence-corrected chi connectivity index (χ1v) is 10.8. The molecule has 0 heterocycles. The van der Waals surface area contributed by atoms with E-state index in [2.05, 4.69) is 10.2 Å². The van der Waals surface area contributed by atoms with E-state index < -0.39 is 47.2 Å². The molecule has 30 heavy (non-hydrogen) atoms. The molecule has 0 aliphatic heterocycles. The molecule has 0 aliphatic rings. The van der Waals surface area contributed by atoms with Crippen molar-refractivity contribution in [2.24, 2.45) is 10.2 Å². The van der Waals surface area contributed by atoms with Crippen molar-refractivity contribution in [2.75, 3.05) is 0 Å². The summed E-state index contributed by atoms with van der Waals surface area (Å²) in [6, 6.07) is 8.19. The number of aromatic hydroxyl groups is 2. The second-order valence-electron chi connectivity index (χ2n) is 5.71. The topological polar surface area (TPSA) is 174 Å². The summed E-state index contributed by atoms with van der Waals surface area (Å²) in [5.41, 5.74) is -0.561. The molecule has 3 aromatic rings. The Kier molecular flexibility index (Phi) is 7.16. The average molecular weight is 482 g/mol. The Labute approximate surface area is 197 Å². The molecule has 0 fully saturated rings. The van der Waals surface area contributed by atoms with Gasteiger partial charge in [-0.3, -0.25) is 9.11 Å². The maximum absolute atomic E-state index is 11.5. The zero-order valence-corrected chi connectivity index (χ0v) is 19.4. The Morgan fingerprint density at radius 2 is 1.33 bits per heavy atom. The first kappa shape index (κ1) is 24.5. The van der Waals surface area contributed by atoms with Gasteiger partial charge in [-0.15, -0.1) is 10.2 Å². The third kappa shape index (κ3) is 4.92. The normalized spacial score (nSPS) is 12.2. The van der Waals surface area contributed by atoms with Crippen LogP contribution in [0.5, 0.6) is 11.5 Å². The number of phenols is 2. The van der Waals surface area contributed by atoms with Crippen LogP contribution in [0, 0.1) is 0 Å². The van der Waals surface area contributed by atoms with Gasteiger partial charge in [-0.05, 0) is 24.3 Å². The van der Waals surface area contributed by atoms with Gasteiger partial charge < -0.3 is 10.2 Å². The van der Waals surface area contributed by atoms with Gasteiger partial charge in [-0.25, -0.2) is 0 Å². The number of benzene rings is 3. The van der Waals surface area contributed by atoms with Crippen LogP contribution in [0.4, 0.5) is 11.4 Å². The van der Waals surface area contributed by atoms with Crippen molar-refractivity contribution in [2.45, 2.75) is 9.79 Å². The second kappa shape index (κ2) is 8.77. The number of phenolic OH excluding ortho intramolecular Hbond substituents is 2. The van der Waals surface area contributed by atoms with Gasteiger partial charge in [0.1, 0.15) is 21.2 Å². The summed E-state index contributed by atoms with van der Waals surface area (Å²) in [4.78, 5) is -1.29. The van der Waals surface area contributed by atoms with Crippen LogP contribution in [-0.4, -0.2) is 65.7 Å². The molecule has 0 amide bonds. The standard InChI is InChI=1S/C16H11ClN2O8S2.Na/c17-8-6-12(16(21)14(7-8)29(25,26)27)19-18-11-5-4-9-10(15(11)20)2-1-3-13(9)28(22,23)24;/h1-7,20-21H,(H,22,23,24)(H,25,26,27);. The number of halogens is 1.